The van der Waals surface area contributed by atoms with Crippen molar-refractivity contribution in [3.63, 3.8) is 0 Å². The van der Waals surface area contributed by atoms with Crippen molar-refractivity contribution in [2.45, 2.75) is 135 Å². The van der Waals surface area contributed by atoms with Crippen LogP contribution in [0.3, 0.4) is 0 Å². The number of rotatable bonds is 5. The van der Waals surface area contributed by atoms with Crippen molar-refractivity contribution in [1.82, 2.24) is 0 Å². The average Bonchev–Trinajstić information content (AvgIpc) is 3.40. The minimum atomic E-state index is -5.22. The molecule has 0 radical (unpaired) electrons. The number of carbonyl (C=O) groups is 3. The number of aliphatic hydroxyl groups is 1. The van der Waals surface area contributed by atoms with E-state index in [2.05, 4.69) is 20.8 Å². The van der Waals surface area contributed by atoms with Crippen LogP contribution in [0.5, 0.6) is 0 Å². The maximum absolute atomic E-state index is 12.8. The lowest BCUT2D eigenvalue weighted by molar-refractivity contribution is -0.324. The van der Waals surface area contributed by atoms with Gasteiger partial charge in [-0.25, -0.2) is 4.18 Å². The predicted octanol–water partition coefficient (Wildman–Crippen LogP) is 3.36. The van der Waals surface area contributed by atoms with E-state index < -0.39 is 69.5 Å². The number of esters is 3. The van der Waals surface area contributed by atoms with Gasteiger partial charge in [0.15, 0.2) is 24.1 Å². The summed E-state index contributed by atoms with van der Waals surface area (Å²) in [5.41, 5.74) is -3.66. The minimum Gasteiger partial charge on any atom is -0.458 e. The van der Waals surface area contributed by atoms with Crippen LogP contribution >= 0.6 is 0 Å². The highest BCUT2D eigenvalue weighted by Gasteiger charge is 2.77. The number of carbonyl (C=O) groups excluding carboxylic acids is 3. The summed E-state index contributed by atoms with van der Waals surface area (Å²) in [6.45, 7) is 12.5. The Morgan fingerprint density at radius 3 is 2.00 bits per heavy atom. The molecule has 0 aromatic heterocycles. The van der Waals surface area contributed by atoms with Gasteiger partial charge in [0, 0.05) is 38.5 Å². The van der Waals surface area contributed by atoms with E-state index in [1.54, 1.807) is 6.92 Å². The first-order chi connectivity index (χ1) is 21.8. The molecule has 6 rings (SSSR count). The Labute approximate surface area is 276 Å². The van der Waals surface area contributed by atoms with Crippen LogP contribution in [0.1, 0.15) is 93.4 Å². The lowest BCUT2D eigenvalue weighted by Crippen LogP contribution is -2.79. The summed E-state index contributed by atoms with van der Waals surface area (Å²) in [5.74, 6) is -2.28. The van der Waals surface area contributed by atoms with Crippen molar-refractivity contribution in [2.24, 2.45) is 46.3 Å². The fourth-order valence-electron chi connectivity index (χ4n) is 11.6. The van der Waals surface area contributed by atoms with Gasteiger partial charge in [0.1, 0.15) is 11.7 Å². The molecule has 4 saturated carbocycles. The quantitative estimate of drug-likeness (QED) is 0.244. The van der Waals surface area contributed by atoms with Gasteiger partial charge in [0.2, 0.25) is 0 Å². The van der Waals surface area contributed by atoms with Gasteiger partial charge < -0.3 is 28.8 Å². The third-order valence-corrected chi connectivity index (χ3v) is 13.8. The third kappa shape index (κ3) is 5.35. The van der Waals surface area contributed by atoms with Crippen LogP contribution < -0.4 is 0 Å². The Morgan fingerprint density at radius 1 is 0.830 bits per heavy atom. The molecule has 14 heteroatoms. The Balaban J connectivity index is 1.41. The van der Waals surface area contributed by atoms with Gasteiger partial charge in [-0.05, 0) is 73.5 Å². The molecule has 2 N–H and O–H groups in total. The smallest absolute Gasteiger partial charge is 0.397 e. The first-order valence-electron chi connectivity index (χ1n) is 17.0. The van der Waals surface area contributed by atoms with Crippen LogP contribution in [-0.2, 0) is 52.7 Å². The van der Waals surface area contributed by atoms with Crippen LogP contribution in [-0.4, -0.2) is 84.5 Å². The number of ether oxygens (including phenoxy) is 5. The van der Waals surface area contributed by atoms with Gasteiger partial charge in [-0.1, -0.05) is 27.7 Å². The average molecular weight is 687 g/mol. The molecule has 2 saturated heterocycles. The highest BCUT2D eigenvalue weighted by atomic mass is 32.3. The number of fused-ring (bicyclic) bond motifs is 7. The molecule has 13 nitrogen and oxygen atoms in total. The van der Waals surface area contributed by atoms with E-state index in [1.807, 2.05) is 0 Å². The fourth-order valence-corrected chi connectivity index (χ4v) is 12.1. The molecule has 15 atom stereocenters. The summed E-state index contributed by atoms with van der Waals surface area (Å²) in [5, 5.41) is 12.8. The summed E-state index contributed by atoms with van der Waals surface area (Å²) >= 11 is 0. The van der Waals surface area contributed by atoms with Crippen molar-refractivity contribution in [3.05, 3.63) is 0 Å². The Bertz CT molecular complexity index is 1390. The third-order valence-electron chi connectivity index (χ3n) is 13.4. The van der Waals surface area contributed by atoms with E-state index in [9.17, 15) is 32.5 Å². The Morgan fingerprint density at radius 2 is 1.45 bits per heavy atom. The molecular weight excluding hydrogens is 636 g/mol. The fraction of sp³-hybridized carbons (Fsp3) is 0.909. The lowest BCUT2D eigenvalue weighted by Gasteiger charge is -2.67. The topological polar surface area (TPSA) is 181 Å². The van der Waals surface area contributed by atoms with E-state index in [-0.39, 0.29) is 47.5 Å². The molecule has 266 valence electrons. The normalized spacial score (nSPS) is 50.4. The summed E-state index contributed by atoms with van der Waals surface area (Å²) in [4.78, 5) is 37.5. The molecule has 0 aromatic carbocycles. The van der Waals surface area contributed by atoms with Gasteiger partial charge in [-0.2, -0.15) is 8.42 Å². The second-order valence-electron chi connectivity index (χ2n) is 15.8. The summed E-state index contributed by atoms with van der Waals surface area (Å²) in [6, 6.07) is 0. The molecule has 0 bridgehead atoms. The van der Waals surface area contributed by atoms with E-state index in [0.717, 1.165) is 39.5 Å². The molecule has 3 unspecified atom stereocenters. The van der Waals surface area contributed by atoms with Gasteiger partial charge >= 0.3 is 28.3 Å². The SMILES string of the molecule is CC(=O)O[C@@H]1[C@H](OC(C)=O)[C@H](OS(=O)(=O)O)[C@@]2(O)CC[C@@H]3[C@H](CC[C@]4(C)C5C(C[C@@H]34)O[C@]3(CC[C@@H](C)CO3)C5C)[C@@]2(C)[C@@H]1OC(C)=O. The zero-order chi connectivity index (χ0) is 34.5. The largest absolute Gasteiger partial charge is 0.458 e. The van der Waals surface area contributed by atoms with Crippen molar-refractivity contribution >= 4 is 28.3 Å². The highest BCUT2D eigenvalue weighted by Crippen LogP contribution is 2.72. The van der Waals surface area contributed by atoms with Gasteiger partial charge in [0.05, 0.1) is 12.7 Å². The van der Waals surface area contributed by atoms with Crippen molar-refractivity contribution < 1.29 is 60.3 Å². The first kappa shape index (κ1) is 35.0. The molecule has 0 aromatic rings. The zero-order valence-corrected chi connectivity index (χ0v) is 29.1. The van der Waals surface area contributed by atoms with Crippen LogP contribution in [0.4, 0.5) is 0 Å². The molecule has 4 aliphatic carbocycles. The predicted molar refractivity (Wildman–Crippen MR) is 162 cm³/mol. The standard InChI is InChI=1S/C33H50O13S/c1-16-8-13-33(41-15-16)17(2)25-24(45-33)14-23-21-9-12-32(37)29(46-47(38,39)40)27(43-19(4)35)26(42-18(3)34)28(44-20(5)36)31(32,7)22(21)10-11-30(23,25)6/h16-17,21-29,37H,8-15H2,1-7H3,(H,38,39,40)/t16-,17?,21-,22+,23+,24?,25?,26-,27+,28-,29+,30+,31+,32+,33-/m1/s1. The van der Waals surface area contributed by atoms with E-state index in [4.69, 9.17) is 27.9 Å². The maximum atomic E-state index is 12.8. The Kier molecular flexibility index (Phi) is 8.65. The molecular formula is C33H50O13S. The van der Waals surface area contributed by atoms with Gasteiger partial charge in [-0.3, -0.25) is 18.9 Å². The number of hydrogen-bond donors (Lipinski definition) is 2. The Hall–Kier alpha value is -1.84. The molecule has 2 heterocycles. The van der Waals surface area contributed by atoms with Gasteiger partial charge in [0.25, 0.3) is 0 Å². The molecule has 6 aliphatic rings. The molecule has 2 aliphatic heterocycles. The maximum Gasteiger partial charge on any atom is 0.397 e. The summed E-state index contributed by atoms with van der Waals surface area (Å²) in [6.07, 6.45) is -1.99. The highest BCUT2D eigenvalue weighted by molar-refractivity contribution is 7.80. The van der Waals surface area contributed by atoms with E-state index in [0.29, 0.717) is 25.4 Å². The van der Waals surface area contributed by atoms with Crippen LogP contribution in [0.2, 0.25) is 0 Å². The second kappa shape index (κ2) is 11.6. The summed E-state index contributed by atoms with van der Waals surface area (Å²) < 4.78 is 70.0. The first-order valence-corrected chi connectivity index (χ1v) is 18.4. The van der Waals surface area contributed by atoms with Crippen molar-refractivity contribution in [2.75, 3.05) is 6.61 Å². The van der Waals surface area contributed by atoms with Gasteiger partial charge in [-0.15, -0.1) is 0 Å². The van der Waals surface area contributed by atoms with Crippen LogP contribution in [0.15, 0.2) is 0 Å². The monoisotopic (exact) mass is 686 g/mol. The lowest BCUT2D eigenvalue weighted by atomic mass is 9.41. The second-order valence-corrected chi connectivity index (χ2v) is 16.8. The van der Waals surface area contributed by atoms with Crippen LogP contribution in [0.25, 0.3) is 0 Å². The molecule has 6 fully saturated rings. The summed E-state index contributed by atoms with van der Waals surface area (Å²) in [7, 11) is -5.22. The molecule has 0 amide bonds. The molecule has 47 heavy (non-hydrogen) atoms. The zero-order valence-electron chi connectivity index (χ0n) is 28.3. The molecule has 1 spiro atoms. The van der Waals surface area contributed by atoms with E-state index in [1.165, 1.54) is 6.92 Å². The van der Waals surface area contributed by atoms with Crippen LogP contribution in [0, 0.1) is 46.3 Å². The van der Waals surface area contributed by atoms with Crippen molar-refractivity contribution in [1.29, 1.82) is 0 Å². The minimum absolute atomic E-state index is 0.00336. The van der Waals surface area contributed by atoms with Crippen molar-refractivity contribution in [3.8, 4) is 0 Å². The number of hydrogen-bond acceptors (Lipinski definition) is 12. The van der Waals surface area contributed by atoms with E-state index >= 15 is 0 Å².